The van der Waals surface area contributed by atoms with Crippen LogP contribution in [0.5, 0.6) is 0 Å². The van der Waals surface area contributed by atoms with Gasteiger partial charge in [0.2, 0.25) is 0 Å². The van der Waals surface area contributed by atoms with Gasteiger partial charge in [-0.2, -0.15) is 0 Å². The highest BCUT2D eigenvalue weighted by Crippen LogP contribution is 2.27. The molecule has 2 fully saturated rings. The van der Waals surface area contributed by atoms with E-state index in [0.29, 0.717) is 18.8 Å². The van der Waals surface area contributed by atoms with E-state index in [2.05, 4.69) is 10.6 Å². The van der Waals surface area contributed by atoms with Crippen molar-refractivity contribution in [2.24, 2.45) is 11.8 Å². The van der Waals surface area contributed by atoms with Crippen molar-refractivity contribution in [2.75, 3.05) is 6.54 Å². The van der Waals surface area contributed by atoms with E-state index in [-0.39, 0.29) is 18.0 Å². The van der Waals surface area contributed by atoms with E-state index in [1.807, 2.05) is 0 Å². The lowest BCUT2D eigenvalue weighted by Gasteiger charge is -2.26. The number of amides is 2. The predicted octanol–water partition coefficient (Wildman–Crippen LogP) is 1.34. The van der Waals surface area contributed by atoms with Crippen molar-refractivity contribution in [3.8, 4) is 0 Å². The van der Waals surface area contributed by atoms with Gasteiger partial charge >= 0.3 is 12.0 Å². The first kappa shape index (κ1) is 12.2. The number of carbonyl (C=O) groups is 2. The largest absolute Gasteiger partial charge is 0.481 e. The molecule has 0 radical (unpaired) electrons. The molecular weight excluding hydrogens is 220 g/mol. The van der Waals surface area contributed by atoms with E-state index >= 15 is 0 Å². The second kappa shape index (κ2) is 5.38. The molecule has 0 spiro atoms. The molecule has 0 aromatic heterocycles. The third kappa shape index (κ3) is 3.91. The third-order valence-electron chi connectivity index (χ3n) is 3.66. The van der Waals surface area contributed by atoms with Crippen molar-refractivity contribution in [1.82, 2.24) is 10.6 Å². The molecule has 0 aromatic carbocycles. The third-order valence-corrected chi connectivity index (χ3v) is 3.66. The molecule has 0 aromatic rings. The van der Waals surface area contributed by atoms with Crippen LogP contribution in [0.15, 0.2) is 0 Å². The molecule has 0 heterocycles. The zero-order valence-electron chi connectivity index (χ0n) is 9.95. The second-order valence-electron chi connectivity index (χ2n) is 5.18. The van der Waals surface area contributed by atoms with Gasteiger partial charge in [-0.25, -0.2) is 4.79 Å². The van der Waals surface area contributed by atoms with E-state index in [9.17, 15) is 9.59 Å². The number of carboxylic acids is 1. The lowest BCUT2D eigenvalue weighted by Crippen LogP contribution is -2.44. The maximum atomic E-state index is 11.5. The summed E-state index contributed by atoms with van der Waals surface area (Å²) in [6.45, 7) is 0.774. The molecule has 2 aliphatic carbocycles. The monoisotopic (exact) mass is 240 g/mol. The van der Waals surface area contributed by atoms with E-state index in [0.717, 1.165) is 19.4 Å². The summed E-state index contributed by atoms with van der Waals surface area (Å²) in [6, 6.07) is 0.0421. The first-order chi connectivity index (χ1) is 8.15. The van der Waals surface area contributed by atoms with E-state index in [1.165, 1.54) is 12.8 Å². The Labute approximate surface area is 101 Å². The standard InChI is InChI=1S/C12H20N2O3/c15-11(16)9-3-5-10(6-4-9)14-12(17)13-7-8-1-2-8/h8-10H,1-7H2,(H,15,16)(H2,13,14,17). The number of aliphatic carboxylic acids is 1. The number of hydrogen-bond donors (Lipinski definition) is 3. The fourth-order valence-electron chi connectivity index (χ4n) is 2.28. The summed E-state index contributed by atoms with van der Waals surface area (Å²) in [5.74, 6) is -0.243. The summed E-state index contributed by atoms with van der Waals surface area (Å²) >= 11 is 0. The maximum absolute atomic E-state index is 11.5. The van der Waals surface area contributed by atoms with Crippen molar-refractivity contribution in [3.63, 3.8) is 0 Å². The summed E-state index contributed by atoms with van der Waals surface area (Å²) < 4.78 is 0. The molecule has 2 amide bonds. The molecule has 2 rings (SSSR count). The van der Waals surface area contributed by atoms with Gasteiger partial charge in [0.25, 0.3) is 0 Å². The zero-order valence-corrected chi connectivity index (χ0v) is 9.95. The summed E-state index contributed by atoms with van der Waals surface area (Å²) in [5.41, 5.74) is 0. The van der Waals surface area contributed by atoms with Crippen LogP contribution in [0.2, 0.25) is 0 Å². The van der Waals surface area contributed by atoms with Crippen molar-refractivity contribution in [3.05, 3.63) is 0 Å². The lowest BCUT2D eigenvalue weighted by molar-refractivity contribution is -0.142. The number of hydrogen-bond acceptors (Lipinski definition) is 2. The SMILES string of the molecule is O=C(NCC1CC1)NC1CCC(C(=O)O)CC1. The number of nitrogens with one attached hydrogen (secondary N) is 2. The van der Waals surface area contributed by atoms with Gasteiger partial charge in [-0.3, -0.25) is 4.79 Å². The van der Waals surface area contributed by atoms with Gasteiger partial charge in [0, 0.05) is 12.6 Å². The minimum atomic E-state index is -0.707. The van der Waals surface area contributed by atoms with Crippen LogP contribution < -0.4 is 10.6 Å². The van der Waals surface area contributed by atoms with Crippen molar-refractivity contribution in [2.45, 2.75) is 44.6 Å². The molecule has 0 atom stereocenters. The molecule has 5 nitrogen and oxygen atoms in total. The molecule has 0 unspecified atom stereocenters. The molecule has 0 saturated heterocycles. The van der Waals surface area contributed by atoms with Crippen LogP contribution >= 0.6 is 0 Å². The topological polar surface area (TPSA) is 78.4 Å². The Hall–Kier alpha value is -1.26. The highest BCUT2D eigenvalue weighted by molar-refractivity contribution is 5.74. The minimum absolute atomic E-state index is 0.101. The molecular formula is C12H20N2O3. The summed E-state index contributed by atoms with van der Waals surface area (Å²) in [4.78, 5) is 22.3. The maximum Gasteiger partial charge on any atom is 0.315 e. The van der Waals surface area contributed by atoms with Crippen LogP contribution in [0, 0.1) is 11.8 Å². The average molecular weight is 240 g/mol. The summed E-state index contributed by atoms with van der Waals surface area (Å²) in [7, 11) is 0. The van der Waals surface area contributed by atoms with Crippen LogP contribution in [0.4, 0.5) is 4.79 Å². The van der Waals surface area contributed by atoms with Crippen LogP contribution in [0.3, 0.4) is 0 Å². The van der Waals surface area contributed by atoms with Gasteiger partial charge < -0.3 is 15.7 Å². The fourth-order valence-corrected chi connectivity index (χ4v) is 2.28. The Morgan fingerprint density at radius 3 is 2.24 bits per heavy atom. The van der Waals surface area contributed by atoms with Crippen molar-refractivity contribution < 1.29 is 14.7 Å². The molecule has 96 valence electrons. The first-order valence-electron chi connectivity index (χ1n) is 6.42. The highest BCUT2D eigenvalue weighted by Gasteiger charge is 2.27. The summed E-state index contributed by atoms with van der Waals surface area (Å²) in [6.07, 6.45) is 5.33. The Bertz CT molecular complexity index is 294. The normalized spacial score (nSPS) is 28.5. The van der Waals surface area contributed by atoms with Gasteiger partial charge in [-0.05, 0) is 44.4 Å². The lowest BCUT2D eigenvalue weighted by atomic mass is 9.86. The van der Waals surface area contributed by atoms with Crippen LogP contribution in [0.1, 0.15) is 38.5 Å². The first-order valence-corrected chi connectivity index (χ1v) is 6.42. The highest BCUT2D eigenvalue weighted by atomic mass is 16.4. The molecule has 2 aliphatic rings. The van der Waals surface area contributed by atoms with Gasteiger partial charge in [0.1, 0.15) is 0 Å². The Kier molecular flexibility index (Phi) is 3.86. The summed E-state index contributed by atoms with van der Waals surface area (Å²) in [5, 5.41) is 14.6. The van der Waals surface area contributed by atoms with Crippen molar-refractivity contribution in [1.29, 1.82) is 0 Å². The zero-order chi connectivity index (χ0) is 12.3. The van der Waals surface area contributed by atoms with Gasteiger partial charge in [0.15, 0.2) is 0 Å². The Morgan fingerprint density at radius 2 is 1.71 bits per heavy atom. The van der Waals surface area contributed by atoms with E-state index in [4.69, 9.17) is 5.11 Å². The van der Waals surface area contributed by atoms with Crippen LogP contribution in [0.25, 0.3) is 0 Å². The number of carboxylic acid groups (broad SMARTS) is 1. The Balaban J connectivity index is 1.62. The van der Waals surface area contributed by atoms with Crippen LogP contribution in [-0.4, -0.2) is 29.7 Å². The van der Waals surface area contributed by atoms with Crippen LogP contribution in [-0.2, 0) is 4.79 Å². The fraction of sp³-hybridized carbons (Fsp3) is 0.833. The molecule has 17 heavy (non-hydrogen) atoms. The predicted molar refractivity (Wildman–Crippen MR) is 62.6 cm³/mol. The molecule has 0 aliphatic heterocycles. The van der Waals surface area contributed by atoms with Gasteiger partial charge in [0.05, 0.1) is 5.92 Å². The molecule has 3 N–H and O–H groups in total. The van der Waals surface area contributed by atoms with Crippen molar-refractivity contribution >= 4 is 12.0 Å². The van der Waals surface area contributed by atoms with E-state index in [1.54, 1.807) is 0 Å². The molecule has 5 heteroatoms. The average Bonchev–Trinajstić information content (AvgIpc) is 3.11. The minimum Gasteiger partial charge on any atom is -0.481 e. The second-order valence-corrected chi connectivity index (χ2v) is 5.18. The molecule has 2 saturated carbocycles. The Morgan fingerprint density at radius 1 is 1.06 bits per heavy atom. The number of rotatable bonds is 4. The van der Waals surface area contributed by atoms with Gasteiger partial charge in [-0.1, -0.05) is 0 Å². The quantitative estimate of drug-likeness (QED) is 0.694. The molecule has 0 bridgehead atoms. The van der Waals surface area contributed by atoms with E-state index < -0.39 is 5.97 Å². The number of carbonyl (C=O) groups excluding carboxylic acids is 1. The smallest absolute Gasteiger partial charge is 0.315 e. The number of urea groups is 1. The van der Waals surface area contributed by atoms with Gasteiger partial charge in [-0.15, -0.1) is 0 Å².